The number of ether oxygens (including phenoxy) is 4. The first-order valence-corrected chi connectivity index (χ1v) is 8.78. The first kappa shape index (κ1) is 19.0. The zero-order valence-corrected chi connectivity index (χ0v) is 15.2. The van der Waals surface area contributed by atoms with Crippen LogP contribution in [-0.4, -0.2) is 42.9 Å². The van der Waals surface area contributed by atoms with Gasteiger partial charge in [0.2, 0.25) is 0 Å². The molecule has 0 aliphatic carbocycles. The number of aliphatic hydroxyl groups is 1. The molecule has 0 aromatic heterocycles. The fourth-order valence-electron chi connectivity index (χ4n) is 3.19. The molecule has 26 heavy (non-hydrogen) atoms. The Morgan fingerprint density at radius 3 is 2.12 bits per heavy atom. The summed E-state index contributed by atoms with van der Waals surface area (Å²) in [5.74, 6) is 0. The fourth-order valence-corrected chi connectivity index (χ4v) is 3.19. The second-order valence-corrected chi connectivity index (χ2v) is 6.72. The number of benzene rings is 2. The minimum atomic E-state index is -0.881. The average molecular weight is 358 g/mol. The molecule has 3 rings (SSSR count). The molecule has 140 valence electrons. The Morgan fingerprint density at radius 1 is 0.962 bits per heavy atom. The van der Waals surface area contributed by atoms with Crippen LogP contribution in [0, 0.1) is 0 Å². The van der Waals surface area contributed by atoms with Gasteiger partial charge >= 0.3 is 0 Å². The Morgan fingerprint density at radius 2 is 1.54 bits per heavy atom. The predicted molar refractivity (Wildman–Crippen MR) is 97.4 cm³/mol. The number of hydrogen-bond donors (Lipinski definition) is 1. The van der Waals surface area contributed by atoms with Crippen molar-refractivity contribution in [3.8, 4) is 0 Å². The fraction of sp³-hybridized carbons (Fsp3) is 0.429. The summed E-state index contributed by atoms with van der Waals surface area (Å²) >= 11 is 0. The molecule has 5 nitrogen and oxygen atoms in total. The Hall–Kier alpha value is -1.76. The van der Waals surface area contributed by atoms with Crippen molar-refractivity contribution in [2.24, 2.45) is 0 Å². The maximum atomic E-state index is 10.5. The van der Waals surface area contributed by atoms with E-state index in [1.807, 2.05) is 67.6 Å². The van der Waals surface area contributed by atoms with Gasteiger partial charge in [0.05, 0.1) is 19.8 Å². The summed E-state index contributed by atoms with van der Waals surface area (Å²) in [6, 6.07) is 19.8. The van der Waals surface area contributed by atoms with Gasteiger partial charge in [-0.2, -0.15) is 0 Å². The maximum absolute atomic E-state index is 10.5. The van der Waals surface area contributed by atoms with E-state index in [4.69, 9.17) is 18.9 Å². The summed E-state index contributed by atoms with van der Waals surface area (Å²) in [6.45, 7) is 3.03. The summed E-state index contributed by atoms with van der Waals surface area (Å²) < 4.78 is 23.1. The van der Waals surface area contributed by atoms with E-state index < -0.39 is 24.1 Å². The molecule has 0 spiro atoms. The van der Waals surface area contributed by atoms with Gasteiger partial charge in [0.1, 0.15) is 17.8 Å². The molecular weight excluding hydrogens is 332 g/mol. The van der Waals surface area contributed by atoms with E-state index in [1.54, 1.807) is 0 Å². The lowest BCUT2D eigenvalue weighted by atomic mass is 9.98. The first-order valence-electron chi connectivity index (χ1n) is 8.78. The minimum absolute atomic E-state index is 0.290. The molecule has 0 bridgehead atoms. The van der Waals surface area contributed by atoms with Crippen LogP contribution in [0.2, 0.25) is 0 Å². The van der Waals surface area contributed by atoms with Gasteiger partial charge in [-0.25, -0.2) is 0 Å². The topological polar surface area (TPSA) is 57.2 Å². The summed E-state index contributed by atoms with van der Waals surface area (Å²) in [4.78, 5) is 0. The number of rotatable bonds is 8. The zero-order valence-electron chi connectivity index (χ0n) is 15.2. The van der Waals surface area contributed by atoms with Crippen molar-refractivity contribution in [2.75, 3.05) is 13.7 Å². The molecule has 0 amide bonds. The van der Waals surface area contributed by atoms with Crippen molar-refractivity contribution < 1.29 is 24.1 Å². The van der Waals surface area contributed by atoms with E-state index in [2.05, 4.69) is 0 Å². The third-order valence-corrected chi connectivity index (χ3v) is 4.58. The van der Waals surface area contributed by atoms with Crippen molar-refractivity contribution in [3.63, 3.8) is 0 Å². The molecule has 2 aromatic rings. The summed E-state index contributed by atoms with van der Waals surface area (Å²) in [5.41, 5.74) is 1.32. The second-order valence-electron chi connectivity index (χ2n) is 6.72. The first-order chi connectivity index (χ1) is 12.6. The largest absolute Gasteiger partial charge is 0.385 e. The van der Waals surface area contributed by atoms with Crippen LogP contribution >= 0.6 is 0 Å². The molecule has 1 fully saturated rings. The smallest absolute Gasteiger partial charge is 0.186 e. The van der Waals surface area contributed by atoms with Crippen molar-refractivity contribution in [3.05, 3.63) is 71.8 Å². The van der Waals surface area contributed by atoms with Crippen molar-refractivity contribution in [1.29, 1.82) is 0 Å². The van der Waals surface area contributed by atoms with Crippen LogP contribution in [0.25, 0.3) is 0 Å². The average Bonchev–Trinajstić information content (AvgIpc) is 2.92. The number of aliphatic hydroxyl groups excluding tert-OH is 1. The van der Waals surface area contributed by atoms with Crippen LogP contribution in [0.1, 0.15) is 18.1 Å². The molecule has 1 saturated heterocycles. The van der Waals surface area contributed by atoms with Gasteiger partial charge in [0.25, 0.3) is 0 Å². The number of methoxy groups -OCH3 is 1. The molecule has 0 saturated carbocycles. The van der Waals surface area contributed by atoms with E-state index in [-0.39, 0.29) is 6.61 Å². The molecule has 1 aliphatic heterocycles. The van der Waals surface area contributed by atoms with Gasteiger partial charge in [-0.15, -0.1) is 0 Å². The molecule has 1 heterocycles. The predicted octanol–water partition coefficient (Wildman–Crippen LogP) is 2.91. The standard InChI is InChI=1S/C21H26O5/c1-21(15-24-13-16-9-5-3-6-10-16)19(18(22)20(23-2)26-21)25-14-17-11-7-4-8-12-17/h3-12,18-20,22H,13-15H2,1-2H3/t18-,19+,20?,21-/m1/s1. The minimum Gasteiger partial charge on any atom is -0.385 e. The third-order valence-electron chi connectivity index (χ3n) is 4.58. The monoisotopic (exact) mass is 358 g/mol. The van der Waals surface area contributed by atoms with Crippen LogP contribution < -0.4 is 0 Å². The van der Waals surface area contributed by atoms with Crippen molar-refractivity contribution in [2.45, 2.75) is 44.2 Å². The molecule has 1 aliphatic rings. The Bertz CT molecular complexity index is 663. The van der Waals surface area contributed by atoms with Gasteiger partial charge in [-0.05, 0) is 18.1 Å². The van der Waals surface area contributed by atoms with Crippen LogP contribution in [0.4, 0.5) is 0 Å². The normalized spacial score (nSPS) is 28.3. The van der Waals surface area contributed by atoms with Gasteiger partial charge in [-0.3, -0.25) is 0 Å². The quantitative estimate of drug-likeness (QED) is 0.786. The highest BCUT2D eigenvalue weighted by atomic mass is 16.7. The van der Waals surface area contributed by atoms with E-state index >= 15 is 0 Å². The lowest BCUT2D eigenvalue weighted by Gasteiger charge is -2.30. The van der Waals surface area contributed by atoms with E-state index in [0.29, 0.717) is 13.2 Å². The summed E-state index contributed by atoms with van der Waals surface area (Å²) in [6.07, 6.45) is -2.17. The summed E-state index contributed by atoms with van der Waals surface area (Å²) in [7, 11) is 1.51. The van der Waals surface area contributed by atoms with E-state index in [9.17, 15) is 5.11 Å². The van der Waals surface area contributed by atoms with Gasteiger partial charge in [0.15, 0.2) is 6.29 Å². The third kappa shape index (κ3) is 4.50. The second kappa shape index (κ2) is 8.75. The highest BCUT2D eigenvalue weighted by molar-refractivity contribution is 5.14. The molecule has 5 heteroatoms. The van der Waals surface area contributed by atoms with Crippen LogP contribution in [-0.2, 0) is 32.2 Å². The Labute approximate surface area is 154 Å². The van der Waals surface area contributed by atoms with Crippen LogP contribution in [0.5, 0.6) is 0 Å². The van der Waals surface area contributed by atoms with E-state index in [0.717, 1.165) is 11.1 Å². The molecule has 4 atom stereocenters. The zero-order chi connectivity index (χ0) is 18.4. The molecule has 0 radical (unpaired) electrons. The Balaban J connectivity index is 1.63. The lowest BCUT2D eigenvalue weighted by Crippen LogP contribution is -2.46. The van der Waals surface area contributed by atoms with Crippen LogP contribution in [0.3, 0.4) is 0 Å². The lowest BCUT2D eigenvalue weighted by molar-refractivity contribution is -0.190. The SMILES string of the molecule is COC1O[C@](C)(COCc2ccccc2)[C@@H](OCc2ccccc2)[C@H]1O. The molecular formula is C21H26O5. The van der Waals surface area contributed by atoms with Gasteiger partial charge in [0, 0.05) is 7.11 Å². The van der Waals surface area contributed by atoms with Crippen LogP contribution in [0.15, 0.2) is 60.7 Å². The van der Waals surface area contributed by atoms with Crippen molar-refractivity contribution >= 4 is 0 Å². The van der Waals surface area contributed by atoms with Gasteiger partial charge in [-0.1, -0.05) is 60.7 Å². The van der Waals surface area contributed by atoms with E-state index in [1.165, 1.54) is 7.11 Å². The highest BCUT2D eigenvalue weighted by Crippen LogP contribution is 2.34. The molecule has 2 aromatic carbocycles. The number of hydrogen-bond acceptors (Lipinski definition) is 5. The van der Waals surface area contributed by atoms with Crippen molar-refractivity contribution in [1.82, 2.24) is 0 Å². The highest BCUT2D eigenvalue weighted by Gasteiger charge is 2.53. The summed E-state index contributed by atoms with van der Waals surface area (Å²) in [5, 5.41) is 10.5. The van der Waals surface area contributed by atoms with Gasteiger partial charge < -0.3 is 24.1 Å². The molecule has 1 unspecified atom stereocenters. The Kier molecular flexibility index (Phi) is 6.40. The maximum Gasteiger partial charge on any atom is 0.186 e. The molecule has 1 N–H and O–H groups in total.